The predicted molar refractivity (Wildman–Crippen MR) is 62.3 cm³/mol. The Hall–Kier alpha value is -1.35. The first-order valence-electron chi connectivity index (χ1n) is 4.68. The van der Waals surface area contributed by atoms with Gasteiger partial charge in [0.15, 0.2) is 9.84 Å². The van der Waals surface area contributed by atoms with Crippen molar-refractivity contribution in [1.29, 1.82) is 0 Å². The van der Waals surface area contributed by atoms with E-state index in [9.17, 15) is 8.42 Å². The van der Waals surface area contributed by atoms with Crippen LogP contribution in [0.1, 0.15) is 12.5 Å². The second-order valence-corrected chi connectivity index (χ2v) is 5.02. The maximum atomic E-state index is 11.4. The molecule has 2 nitrogen and oxygen atoms in total. The standard InChI is InChI=1S/C12H14O2S/c1-3-5-6-11-7-9-12(10-8-11)15(13,14)4-2/h3-5,7-10H,2,6H2,1H3. The van der Waals surface area contributed by atoms with Crippen LogP contribution < -0.4 is 0 Å². The van der Waals surface area contributed by atoms with Crippen LogP contribution >= 0.6 is 0 Å². The van der Waals surface area contributed by atoms with Crippen LogP contribution in [0.3, 0.4) is 0 Å². The van der Waals surface area contributed by atoms with Crippen molar-refractivity contribution in [2.45, 2.75) is 18.2 Å². The van der Waals surface area contributed by atoms with Crippen LogP contribution in [-0.2, 0) is 16.3 Å². The van der Waals surface area contributed by atoms with Gasteiger partial charge in [0.25, 0.3) is 0 Å². The number of benzene rings is 1. The molecule has 1 aromatic rings. The Kier molecular flexibility index (Phi) is 3.86. The van der Waals surface area contributed by atoms with Crippen molar-refractivity contribution in [1.82, 2.24) is 0 Å². The largest absolute Gasteiger partial charge is 0.219 e. The minimum atomic E-state index is -3.29. The van der Waals surface area contributed by atoms with E-state index in [2.05, 4.69) is 6.58 Å². The molecule has 1 rings (SSSR count). The Morgan fingerprint density at radius 3 is 2.33 bits per heavy atom. The van der Waals surface area contributed by atoms with Gasteiger partial charge in [0, 0.05) is 5.41 Å². The van der Waals surface area contributed by atoms with Crippen LogP contribution in [-0.4, -0.2) is 8.42 Å². The summed E-state index contributed by atoms with van der Waals surface area (Å²) in [4.78, 5) is 0.293. The molecule has 0 aliphatic heterocycles. The van der Waals surface area contributed by atoms with E-state index < -0.39 is 9.84 Å². The quantitative estimate of drug-likeness (QED) is 0.734. The van der Waals surface area contributed by atoms with E-state index >= 15 is 0 Å². The fourth-order valence-corrected chi connectivity index (χ4v) is 1.87. The summed E-state index contributed by atoms with van der Waals surface area (Å²) < 4.78 is 22.8. The summed E-state index contributed by atoms with van der Waals surface area (Å²) in [5.74, 6) is 0. The lowest BCUT2D eigenvalue weighted by atomic mass is 10.1. The third-order valence-corrected chi connectivity index (χ3v) is 3.43. The lowest BCUT2D eigenvalue weighted by Gasteiger charge is -2.00. The summed E-state index contributed by atoms with van der Waals surface area (Å²) in [7, 11) is -3.29. The van der Waals surface area contributed by atoms with Gasteiger partial charge in [-0.1, -0.05) is 30.9 Å². The third kappa shape index (κ3) is 3.06. The Morgan fingerprint density at radius 2 is 1.87 bits per heavy atom. The Morgan fingerprint density at radius 1 is 1.27 bits per heavy atom. The number of hydrogen-bond donors (Lipinski definition) is 0. The summed E-state index contributed by atoms with van der Waals surface area (Å²) in [6.45, 7) is 5.24. The van der Waals surface area contributed by atoms with E-state index in [4.69, 9.17) is 0 Å². The topological polar surface area (TPSA) is 34.1 Å². The molecule has 0 spiro atoms. The van der Waals surface area contributed by atoms with Crippen molar-refractivity contribution in [2.75, 3.05) is 0 Å². The van der Waals surface area contributed by atoms with E-state index in [0.29, 0.717) is 4.90 Å². The molecule has 0 bridgehead atoms. The van der Waals surface area contributed by atoms with Gasteiger partial charge in [-0.25, -0.2) is 8.42 Å². The van der Waals surface area contributed by atoms with Gasteiger partial charge < -0.3 is 0 Å². The lowest BCUT2D eigenvalue weighted by Crippen LogP contribution is -1.95. The van der Waals surface area contributed by atoms with Gasteiger partial charge in [-0.2, -0.15) is 0 Å². The van der Waals surface area contributed by atoms with Crippen molar-refractivity contribution in [3.63, 3.8) is 0 Å². The first-order valence-corrected chi connectivity index (χ1v) is 6.22. The third-order valence-electron chi connectivity index (χ3n) is 2.06. The molecule has 0 aromatic heterocycles. The highest BCUT2D eigenvalue weighted by atomic mass is 32.2. The highest BCUT2D eigenvalue weighted by Gasteiger charge is 2.07. The normalized spacial score (nSPS) is 11.8. The smallest absolute Gasteiger partial charge is 0.199 e. The van der Waals surface area contributed by atoms with E-state index in [1.54, 1.807) is 12.1 Å². The summed E-state index contributed by atoms with van der Waals surface area (Å²) in [6, 6.07) is 6.85. The zero-order valence-corrected chi connectivity index (χ0v) is 9.50. The Labute approximate surface area is 90.9 Å². The van der Waals surface area contributed by atoms with Crippen molar-refractivity contribution >= 4 is 9.84 Å². The molecule has 0 N–H and O–H groups in total. The summed E-state index contributed by atoms with van der Waals surface area (Å²) in [5, 5.41) is 0.966. The molecule has 15 heavy (non-hydrogen) atoms. The number of rotatable bonds is 4. The first kappa shape index (κ1) is 11.7. The van der Waals surface area contributed by atoms with E-state index in [1.165, 1.54) is 0 Å². The number of hydrogen-bond acceptors (Lipinski definition) is 2. The van der Waals surface area contributed by atoms with Crippen LogP contribution in [0.25, 0.3) is 0 Å². The number of allylic oxidation sites excluding steroid dienone is 2. The van der Waals surface area contributed by atoms with E-state index in [0.717, 1.165) is 17.4 Å². The fraction of sp³-hybridized carbons (Fsp3) is 0.167. The molecular formula is C12H14O2S. The highest BCUT2D eigenvalue weighted by molar-refractivity contribution is 7.94. The Bertz CT molecular complexity index is 453. The minimum Gasteiger partial charge on any atom is -0.219 e. The molecular weight excluding hydrogens is 208 g/mol. The molecule has 3 heteroatoms. The Balaban J connectivity index is 2.95. The zero-order valence-electron chi connectivity index (χ0n) is 8.68. The molecule has 0 saturated heterocycles. The summed E-state index contributed by atoms with van der Waals surface area (Å²) in [5.41, 5.74) is 1.09. The van der Waals surface area contributed by atoms with Crippen LogP contribution in [0.2, 0.25) is 0 Å². The summed E-state index contributed by atoms with van der Waals surface area (Å²) >= 11 is 0. The fourth-order valence-electron chi connectivity index (χ4n) is 1.17. The van der Waals surface area contributed by atoms with Gasteiger partial charge >= 0.3 is 0 Å². The van der Waals surface area contributed by atoms with Crippen molar-refractivity contribution in [3.05, 3.63) is 54.0 Å². The molecule has 0 saturated carbocycles. The van der Waals surface area contributed by atoms with Gasteiger partial charge in [-0.05, 0) is 31.0 Å². The summed E-state index contributed by atoms with van der Waals surface area (Å²) in [6.07, 6.45) is 4.82. The molecule has 0 fully saturated rings. The predicted octanol–water partition coefficient (Wildman–Crippen LogP) is 2.72. The van der Waals surface area contributed by atoms with Crippen LogP contribution in [0.5, 0.6) is 0 Å². The molecule has 80 valence electrons. The van der Waals surface area contributed by atoms with Gasteiger partial charge in [-0.15, -0.1) is 0 Å². The second-order valence-electron chi connectivity index (χ2n) is 3.13. The molecule has 0 unspecified atom stereocenters. The maximum Gasteiger partial charge on any atom is 0.199 e. The molecule has 0 aliphatic rings. The number of sulfone groups is 1. The monoisotopic (exact) mass is 222 g/mol. The zero-order chi connectivity index (χ0) is 11.3. The van der Waals surface area contributed by atoms with Crippen molar-refractivity contribution in [3.8, 4) is 0 Å². The van der Waals surface area contributed by atoms with Gasteiger partial charge in [0.05, 0.1) is 4.90 Å². The first-order chi connectivity index (χ1) is 7.10. The van der Waals surface area contributed by atoms with Crippen molar-refractivity contribution < 1.29 is 8.42 Å². The lowest BCUT2D eigenvalue weighted by molar-refractivity contribution is 0.604. The molecule has 0 amide bonds. The molecule has 0 radical (unpaired) electrons. The average Bonchev–Trinajstić information content (AvgIpc) is 2.27. The average molecular weight is 222 g/mol. The van der Waals surface area contributed by atoms with E-state index in [1.807, 2.05) is 31.2 Å². The maximum absolute atomic E-state index is 11.4. The van der Waals surface area contributed by atoms with Crippen LogP contribution in [0.4, 0.5) is 0 Å². The molecule has 0 atom stereocenters. The minimum absolute atomic E-state index is 0.293. The van der Waals surface area contributed by atoms with Crippen LogP contribution in [0, 0.1) is 0 Å². The molecule has 0 heterocycles. The second kappa shape index (κ2) is 4.94. The van der Waals surface area contributed by atoms with Gasteiger partial charge in [0.1, 0.15) is 0 Å². The SMILES string of the molecule is C=CS(=O)(=O)c1ccc(CC=CC)cc1. The van der Waals surface area contributed by atoms with Crippen molar-refractivity contribution in [2.24, 2.45) is 0 Å². The van der Waals surface area contributed by atoms with Gasteiger partial charge in [-0.3, -0.25) is 0 Å². The highest BCUT2D eigenvalue weighted by Crippen LogP contribution is 2.13. The van der Waals surface area contributed by atoms with E-state index in [-0.39, 0.29) is 0 Å². The van der Waals surface area contributed by atoms with Crippen LogP contribution in [0.15, 0.2) is 53.3 Å². The molecule has 1 aromatic carbocycles. The molecule has 0 aliphatic carbocycles. The van der Waals surface area contributed by atoms with Gasteiger partial charge in [0.2, 0.25) is 0 Å².